The molecule has 0 aliphatic carbocycles. The lowest BCUT2D eigenvalue weighted by Crippen LogP contribution is -2.35. The van der Waals surface area contributed by atoms with Crippen molar-refractivity contribution in [3.63, 3.8) is 0 Å². The number of nitrogens with zero attached hydrogens (tertiary/aromatic N) is 1. The van der Waals surface area contributed by atoms with Gasteiger partial charge in [0, 0.05) is 5.38 Å². The average Bonchev–Trinajstić information content (AvgIpc) is 3.10. The van der Waals surface area contributed by atoms with Gasteiger partial charge >= 0.3 is 0 Å². The molecule has 0 radical (unpaired) electrons. The Balaban J connectivity index is 1.78. The van der Waals surface area contributed by atoms with Gasteiger partial charge in [-0.2, -0.15) is 0 Å². The number of halogens is 2. The molecule has 1 saturated heterocycles. The number of carbonyl (C=O) groups is 1. The van der Waals surface area contributed by atoms with Crippen LogP contribution in [0.3, 0.4) is 0 Å². The Bertz CT molecular complexity index is 648. The monoisotopic (exact) mass is 309 g/mol. The first-order chi connectivity index (χ1) is 10.1. The summed E-state index contributed by atoms with van der Waals surface area (Å²) < 4.78 is 27.4. The third-order valence-corrected chi connectivity index (χ3v) is 4.09. The molecule has 2 heterocycles. The average molecular weight is 309 g/mol. The highest BCUT2D eigenvalue weighted by Crippen LogP contribution is 2.29. The molecule has 0 bridgehead atoms. The van der Waals surface area contributed by atoms with Crippen LogP contribution in [0.4, 0.5) is 13.9 Å². The molecule has 1 aliphatic rings. The summed E-state index contributed by atoms with van der Waals surface area (Å²) >= 11 is 1.14. The third kappa shape index (κ3) is 2.93. The van der Waals surface area contributed by atoms with E-state index in [-0.39, 0.29) is 23.2 Å². The number of thiazole rings is 1. The van der Waals surface area contributed by atoms with Crippen LogP contribution in [-0.2, 0) is 4.79 Å². The van der Waals surface area contributed by atoms with Crippen LogP contribution < -0.4 is 10.6 Å². The predicted molar refractivity (Wildman–Crippen MR) is 77.1 cm³/mol. The Kier molecular flexibility index (Phi) is 3.94. The van der Waals surface area contributed by atoms with Gasteiger partial charge in [0.2, 0.25) is 5.91 Å². The summed E-state index contributed by atoms with van der Waals surface area (Å²) in [6, 6.07) is 3.44. The summed E-state index contributed by atoms with van der Waals surface area (Å²) in [4.78, 5) is 16.0. The molecule has 7 heteroatoms. The largest absolute Gasteiger partial charge is 0.306 e. The normalized spacial score (nSPS) is 17.9. The Morgan fingerprint density at radius 2 is 2.14 bits per heavy atom. The van der Waals surface area contributed by atoms with Crippen molar-refractivity contribution in [3.8, 4) is 11.3 Å². The van der Waals surface area contributed by atoms with Crippen molar-refractivity contribution in [1.29, 1.82) is 0 Å². The SMILES string of the molecule is O=C(Nc1nc(-c2c(F)cccc2F)cs1)[C@H]1CCCN1. The minimum Gasteiger partial charge on any atom is -0.306 e. The molecule has 1 aliphatic heterocycles. The van der Waals surface area contributed by atoms with Gasteiger partial charge < -0.3 is 10.6 Å². The lowest BCUT2D eigenvalue weighted by Gasteiger charge is -2.08. The van der Waals surface area contributed by atoms with Crippen molar-refractivity contribution in [2.45, 2.75) is 18.9 Å². The molecule has 110 valence electrons. The molecule has 1 aromatic heterocycles. The number of anilines is 1. The second-order valence-electron chi connectivity index (χ2n) is 4.77. The maximum absolute atomic E-state index is 13.7. The molecule has 0 saturated carbocycles. The molecule has 3 rings (SSSR count). The highest BCUT2D eigenvalue weighted by molar-refractivity contribution is 7.14. The second kappa shape index (κ2) is 5.87. The zero-order chi connectivity index (χ0) is 14.8. The van der Waals surface area contributed by atoms with Gasteiger partial charge in [0.1, 0.15) is 11.6 Å². The maximum atomic E-state index is 13.7. The molecule has 4 nitrogen and oxygen atoms in total. The van der Waals surface area contributed by atoms with Crippen LogP contribution in [0.15, 0.2) is 23.6 Å². The molecular formula is C14H13F2N3OS. The summed E-state index contributed by atoms with van der Waals surface area (Å²) in [5, 5.41) is 7.62. The number of rotatable bonds is 3. The molecule has 2 aromatic rings. The van der Waals surface area contributed by atoms with Crippen LogP contribution in [-0.4, -0.2) is 23.5 Å². The molecule has 0 unspecified atom stereocenters. The van der Waals surface area contributed by atoms with Crippen LogP contribution in [0.25, 0.3) is 11.3 Å². The van der Waals surface area contributed by atoms with Gasteiger partial charge in [-0.15, -0.1) is 11.3 Å². The van der Waals surface area contributed by atoms with E-state index in [2.05, 4.69) is 15.6 Å². The number of nitrogens with one attached hydrogen (secondary N) is 2. The number of carbonyl (C=O) groups excluding carboxylic acids is 1. The van der Waals surface area contributed by atoms with E-state index in [9.17, 15) is 13.6 Å². The molecule has 0 spiro atoms. The first kappa shape index (κ1) is 14.1. The fourth-order valence-corrected chi connectivity index (χ4v) is 2.99. The molecule has 1 amide bonds. The van der Waals surface area contributed by atoms with Gasteiger partial charge in [-0.05, 0) is 31.5 Å². The van der Waals surface area contributed by atoms with Crippen molar-refractivity contribution in [1.82, 2.24) is 10.3 Å². The van der Waals surface area contributed by atoms with Gasteiger partial charge in [0.15, 0.2) is 5.13 Å². The fourth-order valence-electron chi connectivity index (χ4n) is 2.29. The number of hydrogen-bond acceptors (Lipinski definition) is 4. The van der Waals surface area contributed by atoms with Crippen molar-refractivity contribution < 1.29 is 13.6 Å². The van der Waals surface area contributed by atoms with Crippen LogP contribution >= 0.6 is 11.3 Å². The standard InChI is InChI=1S/C14H13F2N3OS/c15-8-3-1-4-9(16)12(8)11-7-21-14(18-11)19-13(20)10-5-2-6-17-10/h1,3-4,7,10,17H,2,5-6H2,(H,18,19,20)/t10-/m1/s1. The first-order valence-electron chi connectivity index (χ1n) is 6.59. The zero-order valence-electron chi connectivity index (χ0n) is 11.0. The van der Waals surface area contributed by atoms with E-state index in [4.69, 9.17) is 0 Å². The Hall–Kier alpha value is -1.86. The summed E-state index contributed by atoms with van der Waals surface area (Å²) in [6.07, 6.45) is 1.74. The number of aromatic nitrogens is 1. The van der Waals surface area contributed by atoms with E-state index >= 15 is 0 Å². The van der Waals surface area contributed by atoms with Crippen molar-refractivity contribution >= 4 is 22.4 Å². The van der Waals surface area contributed by atoms with Crippen LogP contribution in [0.1, 0.15) is 12.8 Å². The Morgan fingerprint density at radius 3 is 2.81 bits per heavy atom. The summed E-state index contributed by atoms with van der Waals surface area (Å²) in [7, 11) is 0. The van der Waals surface area contributed by atoms with E-state index in [1.807, 2.05) is 0 Å². The van der Waals surface area contributed by atoms with Crippen LogP contribution in [0.5, 0.6) is 0 Å². The van der Waals surface area contributed by atoms with E-state index in [0.717, 1.165) is 30.7 Å². The molecule has 1 fully saturated rings. The van der Waals surface area contributed by atoms with E-state index in [0.29, 0.717) is 5.13 Å². The van der Waals surface area contributed by atoms with Gasteiger partial charge in [0.05, 0.1) is 17.3 Å². The minimum absolute atomic E-state index is 0.164. The molecule has 21 heavy (non-hydrogen) atoms. The maximum Gasteiger partial charge on any atom is 0.243 e. The Labute approximate surface area is 124 Å². The van der Waals surface area contributed by atoms with Gasteiger partial charge in [-0.25, -0.2) is 13.8 Å². The minimum atomic E-state index is -0.671. The van der Waals surface area contributed by atoms with Crippen molar-refractivity contribution in [2.24, 2.45) is 0 Å². The molecule has 1 aromatic carbocycles. The highest BCUT2D eigenvalue weighted by Gasteiger charge is 2.23. The third-order valence-electron chi connectivity index (χ3n) is 3.33. The van der Waals surface area contributed by atoms with Gasteiger partial charge in [-0.3, -0.25) is 4.79 Å². The number of amides is 1. The van der Waals surface area contributed by atoms with Gasteiger partial charge in [0.25, 0.3) is 0 Å². The van der Waals surface area contributed by atoms with Crippen molar-refractivity contribution in [3.05, 3.63) is 35.2 Å². The van der Waals surface area contributed by atoms with Crippen LogP contribution in [0, 0.1) is 11.6 Å². The molecular weight excluding hydrogens is 296 g/mol. The molecule has 2 N–H and O–H groups in total. The summed E-state index contributed by atoms with van der Waals surface area (Å²) in [5.41, 5.74) is 0.0125. The lowest BCUT2D eigenvalue weighted by atomic mass is 10.1. The van der Waals surface area contributed by atoms with E-state index in [1.165, 1.54) is 23.6 Å². The van der Waals surface area contributed by atoms with E-state index < -0.39 is 11.6 Å². The van der Waals surface area contributed by atoms with Gasteiger partial charge in [-0.1, -0.05) is 6.07 Å². The number of benzene rings is 1. The van der Waals surface area contributed by atoms with E-state index in [1.54, 1.807) is 0 Å². The smallest absolute Gasteiger partial charge is 0.243 e. The molecule has 1 atom stereocenters. The predicted octanol–water partition coefficient (Wildman–Crippen LogP) is 2.78. The first-order valence-corrected chi connectivity index (χ1v) is 7.47. The summed E-state index contributed by atoms with van der Waals surface area (Å²) in [6.45, 7) is 0.821. The van der Waals surface area contributed by atoms with Crippen LogP contribution in [0.2, 0.25) is 0 Å². The van der Waals surface area contributed by atoms with Crippen molar-refractivity contribution in [2.75, 3.05) is 11.9 Å². The fraction of sp³-hybridized carbons (Fsp3) is 0.286. The second-order valence-corrected chi connectivity index (χ2v) is 5.63. The Morgan fingerprint density at radius 1 is 1.38 bits per heavy atom. The highest BCUT2D eigenvalue weighted by atomic mass is 32.1. The lowest BCUT2D eigenvalue weighted by molar-refractivity contribution is -0.117. The summed E-state index contributed by atoms with van der Waals surface area (Å²) in [5.74, 6) is -1.51. The topological polar surface area (TPSA) is 54.0 Å². The quantitative estimate of drug-likeness (QED) is 0.916. The zero-order valence-corrected chi connectivity index (χ0v) is 11.8. The number of hydrogen-bond donors (Lipinski definition) is 2.